The third-order valence-corrected chi connectivity index (χ3v) is 6.07. The zero-order valence-electron chi connectivity index (χ0n) is 18.5. The SMILES string of the molecule is CCCCNC(=O)C1c2ccc(O)c(C)c2C(=O)N1Cc1ccccc1-c1ccccc1. The average Bonchev–Trinajstić information content (AvgIpc) is 3.09. The van der Waals surface area contributed by atoms with Crippen molar-refractivity contribution >= 4 is 11.8 Å². The van der Waals surface area contributed by atoms with Gasteiger partial charge in [-0.05, 0) is 41.7 Å². The second kappa shape index (κ2) is 9.27. The Morgan fingerprint density at radius 2 is 1.75 bits per heavy atom. The first-order valence-corrected chi connectivity index (χ1v) is 11.1. The van der Waals surface area contributed by atoms with E-state index < -0.39 is 6.04 Å². The molecular weight excluding hydrogens is 400 g/mol. The summed E-state index contributed by atoms with van der Waals surface area (Å²) in [4.78, 5) is 28.3. The zero-order chi connectivity index (χ0) is 22.7. The van der Waals surface area contributed by atoms with E-state index in [1.807, 2.05) is 54.6 Å². The highest BCUT2D eigenvalue weighted by molar-refractivity contribution is 6.06. The number of carbonyl (C=O) groups is 2. The predicted octanol–water partition coefficient (Wildman–Crippen LogP) is 4.98. The number of fused-ring (bicyclic) bond motifs is 1. The number of rotatable bonds is 7. The van der Waals surface area contributed by atoms with Crippen molar-refractivity contribution in [3.8, 4) is 16.9 Å². The van der Waals surface area contributed by atoms with E-state index in [0.717, 1.165) is 29.5 Å². The summed E-state index contributed by atoms with van der Waals surface area (Å²) in [6, 6.07) is 20.5. The van der Waals surface area contributed by atoms with Crippen LogP contribution < -0.4 is 5.32 Å². The number of benzene rings is 3. The maximum Gasteiger partial charge on any atom is 0.255 e. The van der Waals surface area contributed by atoms with Crippen LogP contribution in [0, 0.1) is 6.92 Å². The predicted molar refractivity (Wildman–Crippen MR) is 125 cm³/mol. The number of hydrogen-bond donors (Lipinski definition) is 2. The summed E-state index contributed by atoms with van der Waals surface area (Å²) in [7, 11) is 0. The van der Waals surface area contributed by atoms with Crippen molar-refractivity contribution in [1.29, 1.82) is 0 Å². The number of phenols is 1. The van der Waals surface area contributed by atoms with E-state index in [9.17, 15) is 14.7 Å². The fourth-order valence-electron chi connectivity index (χ4n) is 4.33. The summed E-state index contributed by atoms with van der Waals surface area (Å²) in [5, 5.41) is 13.2. The van der Waals surface area contributed by atoms with Gasteiger partial charge in [-0.2, -0.15) is 0 Å². The Bertz CT molecular complexity index is 1140. The van der Waals surface area contributed by atoms with Crippen LogP contribution in [0.4, 0.5) is 0 Å². The summed E-state index contributed by atoms with van der Waals surface area (Å²) in [6.07, 6.45) is 1.85. The van der Waals surface area contributed by atoms with Gasteiger partial charge in [0, 0.05) is 18.7 Å². The van der Waals surface area contributed by atoms with Gasteiger partial charge in [-0.15, -0.1) is 0 Å². The Balaban J connectivity index is 1.73. The molecule has 3 aromatic carbocycles. The molecule has 1 atom stereocenters. The third-order valence-electron chi connectivity index (χ3n) is 6.07. The molecule has 0 bridgehead atoms. The molecule has 0 aromatic heterocycles. The highest BCUT2D eigenvalue weighted by Gasteiger charge is 2.42. The fourth-order valence-corrected chi connectivity index (χ4v) is 4.33. The van der Waals surface area contributed by atoms with Crippen LogP contribution in [0.15, 0.2) is 66.7 Å². The number of unbranched alkanes of at least 4 members (excludes halogenated alkanes) is 1. The van der Waals surface area contributed by atoms with Gasteiger partial charge in [0.15, 0.2) is 0 Å². The number of phenolic OH excluding ortho intramolecular Hbond substituents is 1. The van der Waals surface area contributed by atoms with Crippen LogP contribution in [0.25, 0.3) is 11.1 Å². The second-order valence-corrected chi connectivity index (χ2v) is 8.18. The molecule has 1 aliphatic rings. The monoisotopic (exact) mass is 428 g/mol. The van der Waals surface area contributed by atoms with E-state index in [4.69, 9.17) is 0 Å². The minimum absolute atomic E-state index is 0.0637. The molecule has 3 aromatic rings. The summed E-state index contributed by atoms with van der Waals surface area (Å²) in [5.74, 6) is -0.353. The number of hydrogen-bond acceptors (Lipinski definition) is 3. The lowest BCUT2D eigenvalue weighted by atomic mass is 9.98. The van der Waals surface area contributed by atoms with Crippen LogP contribution in [-0.2, 0) is 11.3 Å². The van der Waals surface area contributed by atoms with Gasteiger partial charge in [0.25, 0.3) is 5.91 Å². The lowest BCUT2D eigenvalue weighted by Gasteiger charge is -2.26. The molecule has 4 rings (SSSR count). The van der Waals surface area contributed by atoms with Gasteiger partial charge in [-0.1, -0.05) is 74.0 Å². The first kappa shape index (κ1) is 21.6. The molecule has 164 valence electrons. The van der Waals surface area contributed by atoms with Gasteiger partial charge >= 0.3 is 0 Å². The lowest BCUT2D eigenvalue weighted by Crippen LogP contribution is -2.39. The second-order valence-electron chi connectivity index (χ2n) is 8.18. The largest absolute Gasteiger partial charge is 0.508 e. The Kier molecular flexibility index (Phi) is 6.26. The van der Waals surface area contributed by atoms with Crippen LogP contribution in [0.3, 0.4) is 0 Å². The van der Waals surface area contributed by atoms with E-state index >= 15 is 0 Å². The van der Waals surface area contributed by atoms with Gasteiger partial charge in [0.1, 0.15) is 11.8 Å². The Hall–Kier alpha value is -3.60. The van der Waals surface area contributed by atoms with Gasteiger partial charge in [0.05, 0.1) is 5.56 Å². The maximum absolute atomic E-state index is 13.5. The molecule has 0 saturated heterocycles. The van der Waals surface area contributed by atoms with Gasteiger partial charge in [-0.25, -0.2) is 0 Å². The molecule has 0 saturated carbocycles. The molecule has 2 N–H and O–H groups in total. The van der Waals surface area contributed by atoms with Crippen LogP contribution >= 0.6 is 0 Å². The van der Waals surface area contributed by atoms with Gasteiger partial charge < -0.3 is 15.3 Å². The van der Waals surface area contributed by atoms with Gasteiger partial charge in [0.2, 0.25) is 5.91 Å². The Morgan fingerprint density at radius 1 is 1.03 bits per heavy atom. The molecule has 1 heterocycles. The van der Waals surface area contributed by atoms with Crippen molar-refractivity contribution in [1.82, 2.24) is 10.2 Å². The molecular formula is C27H28N2O3. The third kappa shape index (κ3) is 3.98. The normalized spacial score (nSPS) is 15.0. The molecule has 0 aliphatic carbocycles. The van der Waals surface area contributed by atoms with Crippen LogP contribution in [0.2, 0.25) is 0 Å². The van der Waals surface area contributed by atoms with Crippen LogP contribution in [0.1, 0.15) is 52.9 Å². The van der Waals surface area contributed by atoms with E-state index in [-0.39, 0.29) is 17.6 Å². The molecule has 0 spiro atoms. The number of amides is 2. The quantitative estimate of drug-likeness (QED) is 0.522. The summed E-state index contributed by atoms with van der Waals surface area (Å²) < 4.78 is 0. The molecule has 2 amide bonds. The molecule has 5 nitrogen and oxygen atoms in total. The van der Waals surface area contributed by atoms with Crippen molar-refractivity contribution in [2.24, 2.45) is 0 Å². The van der Waals surface area contributed by atoms with Crippen molar-refractivity contribution in [2.45, 2.75) is 39.3 Å². The fraction of sp³-hybridized carbons (Fsp3) is 0.259. The summed E-state index contributed by atoms with van der Waals surface area (Å²) in [6.45, 7) is 4.66. The highest BCUT2D eigenvalue weighted by Crippen LogP contribution is 2.40. The Morgan fingerprint density at radius 3 is 2.50 bits per heavy atom. The molecule has 0 radical (unpaired) electrons. The molecule has 1 aliphatic heterocycles. The van der Waals surface area contributed by atoms with E-state index in [0.29, 0.717) is 29.8 Å². The van der Waals surface area contributed by atoms with E-state index in [1.54, 1.807) is 24.0 Å². The van der Waals surface area contributed by atoms with Crippen LogP contribution in [0.5, 0.6) is 5.75 Å². The van der Waals surface area contributed by atoms with E-state index in [1.165, 1.54) is 0 Å². The van der Waals surface area contributed by atoms with E-state index in [2.05, 4.69) is 12.2 Å². The molecule has 32 heavy (non-hydrogen) atoms. The molecule has 1 unspecified atom stereocenters. The first-order valence-electron chi connectivity index (χ1n) is 11.1. The topological polar surface area (TPSA) is 69.6 Å². The zero-order valence-corrected chi connectivity index (χ0v) is 18.5. The molecule has 5 heteroatoms. The lowest BCUT2D eigenvalue weighted by molar-refractivity contribution is -0.125. The van der Waals surface area contributed by atoms with Crippen molar-refractivity contribution in [3.05, 3.63) is 89.0 Å². The minimum Gasteiger partial charge on any atom is -0.508 e. The smallest absolute Gasteiger partial charge is 0.255 e. The number of carbonyl (C=O) groups excluding carboxylic acids is 2. The standard InChI is InChI=1S/C27H28N2O3/c1-3-4-16-28-26(31)25-22-14-15-23(30)18(2)24(22)27(32)29(25)17-20-12-8-9-13-21(20)19-10-6-5-7-11-19/h5-15,25,30H,3-4,16-17H2,1-2H3,(H,28,31). The van der Waals surface area contributed by atoms with Crippen molar-refractivity contribution in [2.75, 3.05) is 6.54 Å². The summed E-state index contributed by atoms with van der Waals surface area (Å²) in [5.41, 5.74) is 4.65. The number of nitrogens with zero attached hydrogens (tertiary/aromatic N) is 1. The summed E-state index contributed by atoms with van der Waals surface area (Å²) >= 11 is 0. The molecule has 0 fully saturated rings. The highest BCUT2D eigenvalue weighted by atomic mass is 16.3. The van der Waals surface area contributed by atoms with Crippen LogP contribution in [-0.4, -0.2) is 28.4 Å². The van der Waals surface area contributed by atoms with Crippen molar-refractivity contribution in [3.63, 3.8) is 0 Å². The number of nitrogens with one attached hydrogen (secondary N) is 1. The average molecular weight is 429 g/mol. The van der Waals surface area contributed by atoms with Gasteiger partial charge in [-0.3, -0.25) is 9.59 Å². The first-order chi connectivity index (χ1) is 15.5. The maximum atomic E-state index is 13.5. The minimum atomic E-state index is -0.725. The van der Waals surface area contributed by atoms with Crippen molar-refractivity contribution < 1.29 is 14.7 Å². The number of aromatic hydroxyl groups is 1. The Labute approximate surface area is 188 Å².